The smallest absolute Gasteiger partial charge is 0.133 e. The van der Waals surface area contributed by atoms with E-state index < -0.39 is 0 Å². The third-order valence-corrected chi connectivity index (χ3v) is 3.72. The summed E-state index contributed by atoms with van der Waals surface area (Å²) in [6, 6.07) is 4.16. The number of ether oxygens (including phenoxy) is 1. The SMILES string of the molecule is CCc1ccc(C2OCCCC2CNCC(C)C)o1. The predicted molar refractivity (Wildman–Crippen MR) is 77.2 cm³/mol. The van der Waals surface area contributed by atoms with E-state index in [2.05, 4.69) is 38.2 Å². The third-order valence-electron chi connectivity index (χ3n) is 3.72. The highest BCUT2D eigenvalue weighted by molar-refractivity contribution is 5.11. The van der Waals surface area contributed by atoms with Crippen LogP contribution in [0.5, 0.6) is 0 Å². The molecule has 1 saturated heterocycles. The summed E-state index contributed by atoms with van der Waals surface area (Å²) in [6.45, 7) is 9.54. The van der Waals surface area contributed by atoms with Crippen molar-refractivity contribution in [1.29, 1.82) is 0 Å². The van der Waals surface area contributed by atoms with Gasteiger partial charge in [-0.2, -0.15) is 0 Å². The van der Waals surface area contributed by atoms with Crippen LogP contribution in [0.15, 0.2) is 16.5 Å². The highest BCUT2D eigenvalue weighted by Crippen LogP contribution is 2.34. The zero-order valence-electron chi connectivity index (χ0n) is 12.4. The van der Waals surface area contributed by atoms with Gasteiger partial charge in [0.25, 0.3) is 0 Å². The van der Waals surface area contributed by atoms with Gasteiger partial charge in [0.05, 0.1) is 0 Å². The summed E-state index contributed by atoms with van der Waals surface area (Å²) in [7, 11) is 0. The van der Waals surface area contributed by atoms with Crippen LogP contribution in [0, 0.1) is 11.8 Å². The fourth-order valence-corrected chi connectivity index (χ4v) is 2.66. The monoisotopic (exact) mass is 265 g/mol. The second kappa shape index (κ2) is 7.11. The maximum absolute atomic E-state index is 5.96. The van der Waals surface area contributed by atoms with Gasteiger partial charge in [-0.05, 0) is 37.4 Å². The number of hydrogen-bond donors (Lipinski definition) is 1. The van der Waals surface area contributed by atoms with Crippen LogP contribution in [-0.4, -0.2) is 19.7 Å². The van der Waals surface area contributed by atoms with Crippen molar-refractivity contribution in [1.82, 2.24) is 5.32 Å². The molecule has 2 rings (SSSR count). The maximum atomic E-state index is 5.96. The zero-order chi connectivity index (χ0) is 13.7. The lowest BCUT2D eigenvalue weighted by molar-refractivity contribution is -0.0401. The van der Waals surface area contributed by atoms with E-state index in [9.17, 15) is 0 Å². The van der Waals surface area contributed by atoms with Crippen molar-refractivity contribution in [3.05, 3.63) is 23.7 Å². The molecule has 3 heteroatoms. The topological polar surface area (TPSA) is 34.4 Å². The van der Waals surface area contributed by atoms with Crippen LogP contribution in [-0.2, 0) is 11.2 Å². The van der Waals surface area contributed by atoms with Crippen LogP contribution >= 0.6 is 0 Å². The van der Waals surface area contributed by atoms with Crippen LogP contribution in [0.2, 0.25) is 0 Å². The molecule has 0 amide bonds. The Balaban J connectivity index is 1.95. The molecule has 2 unspecified atom stereocenters. The van der Waals surface area contributed by atoms with Crippen LogP contribution < -0.4 is 5.32 Å². The first kappa shape index (κ1) is 14.6. The number of aryl methyl sites for hydroxylation is 1. The first-order valence-electron chi connectivity index (χ1n) is 7.61. The minimum absolute atomic E-state index is 0.133. The molecule has 1 N–H and O–H groups in total. The molecule has 1 aromatic rings. The fraction of sp³-hybridized carbons (Fsp3) is 0.750. The quantitative estimate of drug-likeness (QED) is 0.854. The first-order chi connectivity index (χ1) is 9.20. The Morgan fingerprint density at radius 1 is 1.37 bits per heavy atom. The van der Waals surface area contributed by atoms with Gasteiger partial charge in [0.15, 0.2) is 0 Å². The van der Waals surface area contributed by atoms with E-state index in [-0.39, 0.29) is 6.10 Å². The lowest BCUT2D eigenvalue weighted by atomic mass is 9.92. The molecule has 3 nitrogen and oxygen atoms in total. The van der Waals surface area contributed by atoms with Crippen molar-refractivity contribution in [2.75, 3.05) is 19.7 Å². The summed E-state index contributed by atoms with van der Waals surface area (Å²) >= 11 is 0. The summed E-state index contributed by atoms with van der Waals surface area (Å²) in [5, 5.41) is 3.55. The van der Waals surface area contributed by atoms with Crippen molar-refractivity contribution >= 4 is 0 Å². The molecule has 0 bridgehead atoms. The van der Waals surface area contributed by atoms with Gasteiger partial charge in [-0.1, -0.05) is 20.8 Å². The third kappa shape index (κ3) is 4.08. The van der Waals surface area contributed by atoms with Gasteiger partial charge in [-0.3, -0.25) is 0 Å². The molecule has 1 aromatic heterocycles. The molecule has 2 heterocycles. The fourth-order valence-electron chi connectivity index (χ4n) is 2.66. The minimum atomic E-state index is 0.133. The highest BCUT2D eigenvalue weighted by atomic mass is 16.5. The summed E-state index contributed by atoms with van der Waals surface area (Å²) in [4.78, 5) is 0. The van der Waals surface area contributed by atoms with E-state index in [1.807, 2.05) is 0 Å². The van der Waals surface area contributed by atoms with Crippen LogP contribution in [0.1, 0.15) is 51.2 Å². The second-order valence-electron chi connectivity index (χ2n) is 5.90. The zero-order valence-corrected chi connectivity index (χ0v) is 12.4. The Kier molecular flexibility index (Phi) is 5.46. The van der Waals surface area contributed by atoms with Gasteiger partial charge in [0.2, 0.25) is 0 Å². The van der Waals surface area contributed by atoms with Crippen molar-refractivity contribution < 1.29 is 9.15 Å². The Morgan fingerprint density at radius 3 is 2.89 bits per heavy atom. The van der Waals surface area contributed by atoms with E-state index in [1.54, 1.807) is 0 Å². The van der Waals surface area contributed by atoms with Crippen molar-refractivity contribution in [3.63, 3.8) is 0 Å². The van der Waals surface area contributed by atoms with Gasteiger partial charge in [0.1, 0.15) is 17.6 Å². The molecule has 2 atom stereocenters. The van der Waals surface area contributed by atoms with Gasteiger partial charge >= 0.3 is 0 Å². The molecule has 1 aliphatic heterocycles. The average Bonchev–Trinajstić information content (AvgIpc) is 2.87. The summed E-state index contributed by atoms with van der Waals surface area (Å²) in [5.74, 6) is 3.28. The molecule has 0 saturated carbocycles. The van der Waals surface area contributed by atoms with Gasteiger partial charge in [0, 0.05) is 25.5 Å². The maximum Gasteiger partial charge on any atom is 0.133 e. The Bertz CT molecular complexity index is 373. The Morgan fingerprint density at radius 2 is 2.21 bits per heavy atom. The Labute approximate surface area is 116 Å². The van der Waals surface area contributed by atoms with E-state index in [4.69, 9.17) is 9.15 Å². The van der Waals surface area contributed by atoms with Gasteiger partial charge < -0.3 is 14.5 Å². The van der Waals surface area contributed by atoms with Gasteiger partial charge in [-0.15, -0.1) is 0 Å². The largest absolute Gasteiger partial charge is 0.463 e. The van der Waals surface area contributed by atoms with Crippen LogP contribution in [0.25, 0.3) is 0 Å². The predicted octanol–water partition coefficient (Wildman–Crippen LogP) is 3.56. The molecule has 1 fully saturated rings. The summed E-state index contributed by atoms with van der Waals surface area (Å²) in [5.41, 5.74) is 0. The molecule has 19 heavy (non-hydrogen) atoms. The molecule has 0 radical (unpaired) electrons. The molecule has 0 aromatic carbocycles. The lowest BCUT2D eigenvalue weighted by Gasteiger charge is -2.30. The summed E-state index contributed by atoms with van der Waals surface area (Å²) in [6.07, 6.45) is 3.46. The number of hydrogen-bond acceptors (Lipinski definition) is 3. The number of furan rings is 1. The lowest BCUT2D eigenvalue weighted by Crippen LogP contribution is -2.33. The standard InChI is InChI=1S/C16H27NO2/c1-4-14-7-8-15(19-14)16-13(6-5-9-18-16)11-17-10-12(2)3/h7-8,12-13,16-17H,4-6,9-11H2,1-3H3. The van der Waals surface area contributed by atoms with E-state index in [0.717, 1.165) is 44.1 Å². The van der Waals surface area contributed by atoms with Crippen molar-refractivity contribution in [2.45, 2.75) is 46.1 Å². The normalized spacial score (nSPS) is 24.0. The molecule has 1 aliphatic rings. The van der Waals surface area contributed by atoms with E-state index in [0.29, 0.717) is 11.8 Å². The second-order valence-corrected chi connectivity index (χ2v) is 5.90. The number of nitrogens with one attached hydrogen (secondary N) is 1. The average molecular weight is 265 g/mol. The first-order valence-corrected chi connectivity index (χ1v) is 7.61. The molecule has 0 spiro atoms. The number of rotatable bonds is 6. The van der Waals surface area contributed by atoms with Crippen molar-refractivity contribution in [3.8, 4) is 0 Å². The molecule has 0 aliphatic carbocycles. The highest BCUT2D eigenvalue weighted by Gasteiger charge is 2.29. The molecule has 108 valence electrons. The summed E-state index contributed by atoms with van der Waals surface area (Å²) < 4.78 is 11.8. The Hall–Kier alpha value is -0.800. The van der Waals surface area contributed by atoms with Gasteiger partial charge in [-0.25, -0.2) is 0 Å². The van der Waals surface area contributed by atoms with Crippen LogP contribution in [0.4, 0.5) is 0 Å². The van der Waals surface area contributed by atoms with E-state index in [1.165, 1.54) is 6.42 Å². The van der Waals surface area contributed by atoms with Crippen LogP contribution in [0.3, 0.4) is 0 Å². The molecular weight excluding hydrogens is 238 g/mol. The molecular formula is C16H27NO2. The minimum Gasteiger partial charge on any atom is -0.463 e. The van der Waals surface area contributed by atoms with Crippen molar-refractivity contribution in [2.24, 2.45) is 11.8 Å². The van der Waals surface area contributed by atoms with E-state index >= 15 is 0 Å².